The SMILES string of the molecule is COC(=O)c1cc(OC)c(OC)cc1NS(=O)(=O)C[C@@]12CC[C@@H](CC1=O)C2(C)C. The fourth-order valence-corrected chi connectivity index (χ4v) is 6.78. The first kappa shape index (κ1) is 21.4. The molecule has 0 heterocycles. The van der Waals surface area contributed by atoms with E-state index < -0.39 is 21.4 Å². The van der Waals surface area contributed by atoms with E-state index in [1.807, 2.05) is 13.8 Å². The Morgan fingerprint density at radius 2 is 1.79 bits per heavy atom. The van der Waals surface area contributed by atoms with Crippen molar-refractivity contribution < 1.29 is 32.2 Å². The van der Waals surface area contributed by atoms with Crippen LogP contribution in [0.3, 0.4) is 0 Å². The topological polar surface area (TPSA) is 108 Å². The molecule has 2 aliphatic carbocycles. The van der Waals surface area contributed by atoms with Crippen LogP contribution >= 0.6 is 0 Å². The van der Waals surface area contributed by atoms with E-state index in [9.17, 15) is 18.0 Å². The molecule has 3 rings (SSSR count). The highest BCUT2D eigenvalue weighted by Gasteiger charge is 2.65. The number of hydrogen-bond donors (Lipinski definition) is 1. The molecule has 2 aliphatic rings. The maximum Gasteiger partial charge on any atom is 0.340 e. The summed E-state index contributed by atoms with van der Waals surface area (Å²) < 4.78 is 43.9. The number of fused-ring (bicyclic) bond motifs is 2. The van der Waals surface area contributed by atoms with E-state index in [2.05, 4.69) is 4.72 Å². The van der Waals surface area contributed by atoms with Gasteiger partial charge in [-0.15, -0.1) is 0 Å². The summed E-state index contributed by atoms with van der Waals surface area (Å²) in [5, 5.41) is 0. The lowest BCUT2D eigenvalue weighted by atomic mass is 9.70. The van der Waals surface area contributed by atoms with Crippen molar-refractivity contribution in [2.24, 2.45) is 16.7 Å². The van der Waals surface area contributed by atoms with Crippen molar-refractivity contribution in [3.8, 4) is 11.5 Å². The summed E-state index contributed by atoms with van der Waals surface area (Å²) >= 11 is 0. The zero-order valence-corrected chi connectivity index (χ0v) is 18.1. The van der Waals surface area contributed by atoms with Gasteiger partial charge in [0.15, 0.2) is 11.5 Å². The molecule has 2 saturated carbocycles. The van der Waals surface area contributed by atoms with Crippen LogP contribution in [-0.4, -0.2) is 47.3 Å². The number of anilines is 1. The van der Waals surface area contributed by atoms with Gasteiger partial charge in [0.25, 0.3) is 0 Å². The van der Waals surface area contributed by atoms with E-state index in [1.54, 1.807) is 0 Å². The van der Waals surface area contributed by atoms with Gasteiger partial charge in [-0.1, -0.05) is 13.8 Å². The third-order valence-electron chi connectivity index (χ3n) is 6.77. The van der Waals surface area contributed by atoms with Crippen molar-refractivity contribution in [3.05, 3.63) is 17.7 Å². The van der Waals surface area contributed by atoms with Gasteiger partial charge in [-0.05, 0) is 24.2 Å². The molecule has 0 saturated heterocycles. The van der Waals surface area contributed by atoms with Crippen molar-refractivity contribution in [2.75, 3.05) is 31.8 Å². The molecule has 0 aromatic heterocycles. The summed E-state index contributed by atoms with van der Waals surface area (Å²) in [7, 11) is 0.0704. The minimum absolute atomic E-state index is 0.00429. The second kappa shape index (κ2) is 7.19. The van der Waals surface area contributed by atoms with Crippen LogP contribution in [-0.2, 0) is 19.6 Å². The van der Waals surface area contributed by atoms with Gasteiger partial charge < -0.3 is 14.2 Å². The molecule has 0 aliphatic heterocycles. The van der Waals surface area contributed by atoms with Gasteiger partial charge in [-0.3, -0.25) is 9.52 Å². The highest BCUT2D eigenvalue weighted by molar-refractivity contribution is 7.92. The molecule has 0 spiro atoms. The van der Waals surface area contributed by atoms with Crippen molar-refractivity contribution >= 4 is 27.5 Å². The smallest absolute Gasteiger partial charge is 0.340 e. The highest BCUT2D eigenvalue weighted by Crippen LogP contribution is 2.64. The number of Topliss-reactive ketones (excluding diaryl/α,β-unsaturated/α-hetero) is 1. The first-order valence-corrected chi connectivity index (χ1v) is 11.0. The number of rotatable bonds is 7. The summed E-state index contributed by atoms with van der Waals surface area (Å²) in [6.45, 7) is 3.95. The van der Waals surface area contributed by atoms with E-state index in [-0.39, 0.29) is 45.6 Å². The first-order chi connectivity index (χ1) is 13.5. The molecule has 8 nitrogen and oxygen atoms in total. The molecule has 0 amide bonds. The van der Waals surface area contributed by atoms with Gasteiger partial charge in [0.1, 0.15) is 5.78 Å². The second-order valence-electron chi connectivity index (χ2n) is 8.27. The van der Waals surface area contributed by atoms with E-state index in [4.69, 9.17) is 14.2 Å². The molecule has 0 radical (unpaired) electrons. The predicted octanol–water partition coefficient (Wildman–Crippen LogP) is 2.63. The van der Waals surface area contributed by atoms with Crippen LogP contribution < -0.4 is 14.2 Å². The average molecular weight is 426 g/mol. The number of nitrogens with one attached hydrogen (secondary N) is 1. The molecule has 160 valence electrons. The molecule has 9 heteroatoms. The van der Waals surface area contributed by atoms with Gasteiger partial charge >= 0.3 is 5.97 Å². The Balaban J connectivity index is 1.98. The Morgan fingerprint density at radius 3 is 2.28 bits per heavy atom. The Morgan fingerprint density at radius 1 is 1.17 bits per heavy atom. The number of sulfonamides is 1. The van der Waals surface area contributed by atoms with E-state index in [0.717, 1.165) is 6.42 Å². The third-order valence-corrected chi connectivity index (χ3v) is 8.17. The lowest BCUT2D eigenvalue weighted by Gasteiger charge is -2.36. The molecule has 29 heavy (non-hydrogen) atoms. The molecule has 2 atom stereocenters. The predicted molar refractivity (Wildman–Crippen MR) is 107 cm³/mol. The minimum atomic E-state index is -3.95. The minimum Gasteiger partial charge on any atom is -0.493 e. The van der Waals surface area contributed by atoms with Crippen molar-refractivity contribution in [1.29, 1.82) is 0 Å². The maximum atomic E-state index is 13.1. The number of benzene rings is 1. The molecular formula is C20H27NO7S. The summed E-state index contributed by atoms with van der Waals surface area (Å²) in [4.78, 5) is 24.9. The average Bonchev–Trinajstić information content (AvgIpc) is 3.00. The number of carbonyl (C=O) groups excluding carboxylic acids is 2. The van der Waals surface area contributed by atoms with Crippen LogP contribution in [0.1, 0.15) is 43.5 Å². The first-order valence-electron chi connectivity index (χ1n) is 9.39. The summed E-state index contributed by atoms with van der Waals surface area (Å²) in [6.07, 6.45) is 1.82. The van der Waals surface area contributed by atoms with Crippen molar-refractivity contribution in [2.45, 2.75) is 33.1 Å². The van der Waals surface area contributed by atoms with Gasteiger partial charge in [0.05, 0.1) is 43.7 Å². The summed E-state index contributed by atoms with van der Waals surface area (Å²) in [5.74, 6) is -0.312. The Kier molecular flexibility index (Phi) is 5.31. The molecule has 1 aromatic rings. The largest absolute Gasteiger partial charge is 0.493 e. The van der Waals surface area contributed by atoms with Crippen LogP contribution in [0.15, 0.2) is 12.1 Å². The Hall–Kier alpha value is -2.29. The van der Waals surface area contributed by atoms with Crippen LogP contribution in [0.2, 0.25) is 0 Å². The van der Waals surface area contributed by atoms with Crippen LogP contribution in [0.25, 0.3) is 0 Å². The van der Waals surface area contributed by atoms with E-state index in [1.165, 1.54) is 33.5 Å². The number of ketones is 1. The lowest BCUT2D eigenvalue weighted by Crippen LogP contribution is -2.43. The monoisotopic (exact) mass is 425 g/mol. The molecule has 2 bridgehead atoms. The summed E-state index contributed by atoms with van der Waals surface area (Å²) in [6, 6.07) is 2.73. The van der Waals surface area contributed by atoms with E-state index >= 15 is 0 Å². The highest BCUT2D eigenvalue weighted by atomic mass is 32.2. The molecule has 1 N–H and O–H groups in total. The Labute approximate surface area is 171 Å². The third kappa shape index (κ3) is 3.35. The number of ether oxygens (including phenoxy) is 3. The van der Waals surface area contributed by atoms with Gasteiger partial charge in [0, 0.05) is 18.6 Å². The second-order valence-corrected chi connectivity index (χ2v) is 9.99. The standard InChI is InChI=1S/C20H27NO7S/c1-19(2)12-6-7-20(19,17(22)8-12)11-29(24,25)21-14-10-16(27-4)15(26-3)9-13(14)18(23)28-5/h9-10,12,21H,6-8,11H2,1-5H3/t12-,20-/m0/s1. The van der Waals surface area contributed by atoms with E-state index in [0.29, 0.717) is 12.8 Å². The molecule has 2 fully saturated rings. The molecular weight excluding hydrogens is 398 g/mol. The van der Waals surface area contributed by atoms with Gasteiger partial charge in [-0.2, -0.15) is 0 Å². The van der Waals surface area contributed by atoms with Crippen molar-refractivity contribution in [3.63, 3.8) is 0 Å². The number of esters is 1. The number of carbonyl (C=O) groups is 2. The quantitative estimate of drug-likeness (QED) is 0.669. The Bertz CT molecular complexity index is 954. The van der Waals surface area contributed by atoms with Crippen molar-refractivity contribution in [1.82, 2.24) is 0 Å². The molecule has 1 aromatic carbocycles. The maximum absolute atomic E-state index is 13.1. The van der Waals surface area contributed by atoms with Gasteiger partial charge in [-0.25, -0.2) is 13.2 Å². The van der Waals surface area contributed by atoms with Crippen LogP contribution in [0.5, 0.6) is 11.5 Å². The fraction of sp³-hybridized carbons (Fsp3) is 0.600. The van der Waals surface area contributed by atoms with Gasteiger partial charge in [0.2, 0.25) is 10.0 Å². The van der Waals surface area contributed by atoms with Crippen LogP contribution in [0, 0.1) is 16.7 Å². The zero-order valence-electron chi connectivity index (χ0n) is 17.3. The summed E-state index contributed by atoms with van der Waals surface area (Å²) in [5.41, 5.74) is -1.29. The lowest BCUT2D eigenvalue weighted by molar-refractivity contribution is -0.128. The van der Waals surface area contributed by atoms with Crippen LogP contribution in [0.4, 0.5) is 5.69 Å². The normalized spacial score (nSPS) is 25.0. The molecule has 0 unspecified atom stereocenters. The zero-order chi connectivity index (χ0) is 21.6. The fourth-order valence-electron chi connectivity index (χ4n) is 4.88. The number of methoxy groups -OCH3 is 3. The number of hydrogen-bond acceptors (Lipinski definition) is 7.